The minimum Gasteiger partial charge on any atom is -0.409 e. The second-order valence-corrected chi connectivity index (χ2v) is 4.44. The van der Waals surface area contributed by atoms with E-state index in [1.54, 1.807) is 12.1 Å². The molecule has 5 heteroatoms. The SMILES string of the molecule is CCCN(c1ccc(/C(N)=N/O)cc1F)C(C)C. The molecule has 0 aliphatic heterocycles. The van der Waals surface area contributed by atoms with E-state index in [1.165, 1.54) is 6.07 Å². The van der Waals surface area contributed by atoms with Crippen LogP contribution in [0.1, 0.15) is 32.8 Å². The van der Waals surface area contributed by atoms with E-state index in [2.05, 4.69) is 12.1 Å². The molecule has 0 saturated carbocycles. The molecule has 1 aromatic rings. The molecule has 0 radical (unpaired) electrons. The molecule has 0 amide bonds. The van der Waals surface area contributed by atoms with Gasteiger partial charge >= 0.3 is 0 Å². The van der Waals surface area contributed by atoms with Gasteiger partial charge in [0, 0.05) is 18.2 Å². The smallest absolute Gasteiger partial charge is 0.170 e. The summed E-state index contributed by atoms with van der Waals surface area (Å²) in [5.74, 6) is -0.451. The lowest BCUT2D eigenvalue weighted by atomic mass is 10.1. The number of nitrogens with zero attached hydrogens (tertiary/aromatic N) is 2. The summed E-state index contributed by atoms with van der Waals surface area (Å²) in [6.07, 6.45) is 0.944. The van der Waals surface area contributed by atoms with Crippen LogP contribution in [0.2, 0.25) is 0 Å². The maximum atomic E-state index is 14.0. The minimum absolute atomic E-state index is 0.0907. The lowest BCUT2D eigenvalue weighted by Crippen LogP contribution is -2.32. The Hall–Kier alpha value is -1.78. The van der Waals surface area contributed by atoms with Gasteiger partial charge in [-0.1, -0.05) is 12.1 Å². The summed E-state index contributed by atoms with van der Waals surface area (Å²) in [5.41, 5.74) is 6.34. The zero-order valence-electron chi connectivity index (χ0n) is 11.0. The molecule has 0 spiro atoms. The highest BCUT2D eigenvalue weighted by molar-refractivity contribution is 5.97. The van der Waals surface area contributed by atoms with Gasteiger partial charge in [0.1, 0.15) is 5.82 Å². The van der Waals surface area contributed by atoms with E-state index in [0.29, 0.717) is 11.3 Å². The third-order valence-corrected chi connectivity index (χ3v) is 2.75. The second kappa shape index (κ2) is 6.23. The molecule has 0 aliphatic carbocycles. The van der Waals surface area contributed by atoms with Crippen LogP contribution in [0.4, 0.5) is 10.1 Å². The number of hydrogen-bond acceptors (Lipinski definition) is 3. The topological polar surface area (TPSA) is 61.8 Å². The zero-order chi connectivity index (χ0) is 13.7. The van der Waals surface area contributed by atoms with Gasteiger partial charge < -0.3 is 15.8 Å². The van der Waals surface area contributed by atoms with Crippen LogP contribution in [0.3, 0.4) is 0 Å². The average molecular weight is 253 g/mol. The molecule has 100 valence electrons. The van der Waals surface area contributed by atoms with Crippen LogP contribution in [0.5, 0.6) is 0 Å². The highest BCUT2D eigenvalue weighted by Crippen LogP contribution is 2.22. The van der Waals surface area contributed by atoms with E-state index in [-0.39, 0.29) is 17.7 Å². The zero-order valence-corrected chi connectivity index (χ0v) is 11.0. The van der Waals surface area contributed by atoms with Crippen LogP contribution in [0, 0.1) is 5.82 Å². The number of halogens is 1. The van der Waals surface area contributed by atoms with Crippen molar-refractivity contribution < 1.29 is 9.60 Å². The van der Waals surface area contributed by atoms with Gasteiger partial charge in [-0.05, 0) is 38.5 Å². The van der Waals surface area contributed by atoms with Gasteiger partial charge in [0.25, 0.3) is 0 Å². The summed E-state index contributed by atoms with van der Waals surface area (Å²) >= 11 is 0. The van der Waals surface area contributed by atoms with Crippen molar-refractivity contribution in [3.8, 4) is 0 Å². The van der Waals surface area contributed by atoms with Crippen LogP contribution in [0.15, 0.2) is 23.4 Å². The first-order chi connectivity index (χ1) is 8.51. The molecular weight excluding hydrogens is 233 g/mol. The predicted octanol–water partition coefficient (Wildman–Crippen LogP) is 2.55. The van der Waals surface area contributed by atoms with Gasteiger partial charge in [-0.15, -0.1) is 0 Å². The molecule has 3 N–H and O–H groups in total. The van der Waals surface area contributed by atoms with Crippen molar-refractivity contribution in [1.82, 2.24) is 0 Å². The van der Waals surface area contributed by atoms with Crippen LogP contribution in [-0.4, -0.2) is 23.6 Å². The number of rotatable bonds is 5. The van der Waals surface area contributed by atoms with Crippen LogP contribution < -0.4 is 10.6 Å². The largest absolute Gasteiger partial charge is 0.409 e. The molecule has 0 aromatic heterocycles. The number of amidine groups is 1. The van der Waals surface area contributed by atoms with E-state index in [0.717, 1.165) is 13.0 Å². The molecule has 0 atom stereocenters. The summed E-state index contributed by atoms with van der Waals surface area (Å²) < 4.78 is 14.0. The highest BCUT2D eigenvalue weighted by Gasteiger charge is 2.15. The van der Waals surface area contributed by atoms with Crippen molar-refractivity contribution in [2.45, 2.75) is 33.2 Å². The Morgan fingerprint density at radius 3 is 2.61 bits per heavy atom. The average Bonchev–Trinajstić information content (AvgIpc) is 2.35. The summed E-state index contributed by atoms with van der Waals surface area (Å²) in [6.45, 7) is 6.88. The Balaban J connectivity index is 3.10. The van der Waals surface area contributed by atoms with Crippen molar-refractivity contribution in [2.75, 3.05) is 11.4 Å². The van der Waals surface area contributed by atoms with E-state index in [1.807, 2.05) is 18.7 Å². The number of oxime groups is 1. The fourth-order valence-electron chi connectivity index (χ4n) is 1.85. The maximum Gasteiger partial charge on any atom is 0.170 e. The molecule has 0 heterocycles. The van der Waals surface area contributed by atoms with Gasteiger partial charge in [-0.2, -0.15) is 0 Å². The molecule has 0 unspecified atom stereocenters. The van der Waals surface area contributed by atoms with Gasteiger partial charge in [-0.25, -0.2) is 4.39 Å². The summed E-state index contributed by atoms with van der Waals surface area (Å²) in [5, 5.41) is 11.4. The minimum atomic E-state index is -0.360. The van der Waals surface area contributed by atoms with E-state index < -0.39 is 0 Å². The monoisotopic (exact) mass is 253 g/mol. The van der Waals surface area contributed by atoms with Crippen molar-refractivity contribution >= 4 is 11.5 Å². The lowest BCUT2D eigenvalue weighted by Gasteiger charge is -2.29. The molecule has 0 bridgehead atoms. The van der Waals surface area contributed by atoms with E-state index >= 15 is 0 Å². The summed E-state index contributed by atoms with van der Waals surface area (Å²) in [4.78, 5) is 1.99. The van der Waals surface area contributed by atoms with Crippen molar-refractivity contribution in [3.63, 3.8) is 0 Å². The number of hydrogen-bond donors (Lipinski definition) is 2. The molecule has 1 aromatic carbocycles. The number of anilines is 1. The number of benzene rings is 1. The van der Waals surface area contributed by atoms with Crippen LogP contribution >= 0.6 is 0 Å². The molecule has 0 saturated heterocycles. The van der Waals surface area contributed by atoms with Gasteiger partial charge in [0.2, 0.25) is 0 Å². The Kier molecular flexibility index (Phi) is 4.95. The molecule has 0 aliphatic rings. The summed E-state index contributed by atoms with van der Waals surface area (Å²) in [6, 6.07) is 4.82. The molecular formula is C13H20FN3O. The van der Waals surface area contributed by atoms with Crippen molar-refractivity contribution in [2.24, 2.45) is 10.9 Å². The van der Waals surface area contributed by atoms with Gasteiger partial charge in [-0.3, -0.25) is 0 Å². The quantitative estimate of drug-likeness (QED) is 0.367. The van der Waals surface area contributed by atoms with E-state index in [4.69, 9.17) is 10.9 Å². The second-order valence-electron chi connectivity index (χ2n) is 4.44. The van der Waals surface area contributed by atoms with Crippen LogP contribution in [-0.2, 0) is 0 Å². The first-order valence-electron chi connectivity index (χ1n) is 6.05. The predicted molar refractivity (Wildman–Crippen MR) is 71.7 cm³/mol. The fraction of sp³-hybridized carbons (Fsp3) is 0.462. The van der Waals surface area contributed by atoms with Crippen molar-refractivity contribution in [1.29, 1.82) is 0 Å². The highest BCUT2D eigenvalue weighted by atomic mass is 19.1. The lowest BCUT2D eigenvalue weighted by molar-refractivity contribution is 0.318. The fourth-order valence-corrected chi connectivity index (χ4v) is 1.85. The Bertz CT molecular complexity index is 432. The maximum absolute atomic E-state index is 14.0. The number of nitrogens with two attached hydrogens (primary N) is 1. The third-order valence-electron chi connectivity index (χ3n) is 2.75. The Morgan fingerprint density at radius 1 is 1.50 bits per heavy atom. The standard InChI is InChI=1S/C13H20FN3O/c1-4-7-17(9(2)3)12-6-5-10(8-11(12)14)13(15)16-18/h5-6,8-9,18H,4,7H2,1-3H3,(H2,15,16). The first-order valence-corrected chi connectivity index (χ1v) is 6.05. The molecule has 0 fully saturated rings. The van der Waals surface area contributed by atoms with Gasteiger partial charge in [0.15, 0.2) is 5.84 Å². The van der Waals surface area contributed by atoms with Gasteiger partial charge in [0.05, 0.1) is 5.69 Å². The van der Waals surface area contributed by atoms with E-state index in [9.17, 15) is 4.39 Å². The molecule has 1 rings (SSSR count). The normalized spacial score (nSPS) is 11.9. The Morgan fingerprint density at radius 2 is 2.17 bits per heavy atom. The molecule has 18 heavy (non-hydrogen) atoms. The van der Waals surface area contributed by atoms with Crippen molar-refractivity contribution in [3.05, 3.63) is 29.6 Å². The first kappa shape index (κ1) is 14.3. The third kappa shape index (κ3) is 3.12. The van der Waals surface area contributed by atoms with Crippen LogP contribution in [0.25, 0.3) is 0 Å². The summed E-state index contributed by atoms with van der Waals surface area (Å²) in [7, 11) is 0. The molecule has 4 nitrogen and oxygen atoms in total. The Labute approximate surface area is 107 Å².